The molecule has 0 saturated heterocycles. The van der Waals surface area contributed by atoms with Gasteiger partial charge in [-0.25, -0.2) is 0 Å². The standard InChI is InChI=1S/C6H6O.2CH3.Y/c7-6-4-2-1-3-5-6;;;/h1-5,7H;2*1H3;/q;2*-1;. The maximum Gasteiger partial charge on any atom is 0.115 e. The SMILES string of the molecule is Oc1ccccc1.[CH3-].[CH3-].[Y]. The molecular weight excluding hydrogens is 201 g/mol. The van der Waals surface area contributed by atoms with Crippen LogP contribution in [0.3, 0.4) is 0 Å². The molecule has 0 atom stereocenters. The summed E-state index contributed by atoms with van der Waals surface area (Å²) in [4.78, 5) is 0. The van der Waals surface area contributed by atoms with Crippen LogP contribution in [0.4, 0.5) is 0 Å². The van der Waals surface area contributed by atoms with Crippen molar-refractivity contribution in [3.63, 3.8) is 0 Å². The normalized spacial score (nSPS) is 6.00. The molecule has 0 spiro atoms. The number of benzene rings is 1. The van der Waals surface area contributed by atoms with Crippen molar-refractivity contribution in [1.29, 1.82) is 0 Å². The Hall–Kier alpha value is 0.124. The van der Waals surface area contributed by atoms with E-state index in [4.69, 9.17) is 5.11 Å². The Morgan fingerprint density at radius 3 is 1.50 bits per heavy atom. The first kappa shape index (κ1) is 16.6. The summed E-state index contributed by atoms with van der Waals surface area (Å²) < 4.78 is 0. The van der Waals surface area contributed by atoms with Crippen LogP contribution in [0.5, 0.6) is 5.75 Å². The molecule has 1 rings (SSSR count). The maximum atomic E-state index is 8.63. The molecule has 0 saturated carbocycles. The number of hydrogen-bond acceptors (Lipinski definition) is 1. The number of para-hydroxylation sites is 1. The molecule has 1 aromatic carbocycles. The molecule has 0 aliphatic rings. The first-order valence-electron chi connectivity index (χ1n) is 2.13. The molecule has 55 valence electrons. The van der Waals surface area contributed by atoms with E-state index in [1.807, 2.05) is 6.07 Å². The van der Waals surface area contributed by atoms with E-state index in [2.05, 4.69) is 0 Å². The third-order valence-corrected chi connectivity index (χ3v) is 0.756. The van der Waals surface area contributed by atoms with Crippen LogP contribution < -0.4 is 0 Å². The number of phenols is 1. The Kier molecular flexibility index (Phi) is 15.2. The zero-order valence-electron chi connectivity index (χ0n) is 6.41. The van der Waals surface area contributed by atoms with Gasteiger partial charge in [0, 0.05) is 32.7 Å². The van der Waals surface area contributed by atoms with Crippen molar-refractivity contribution >= 4 is 0 Å². The molecule has 2 heteroatoms. The second kappa shape index (κ2) is 9.12. The number of aromatic hydroxyl groups is 1. The Labute approximate surface area is 88.4 Å². The summed E-state index contributed by atoms with van der Waals surface area (Å²) in [7, 11) is 0. The molecule has 1 radical (unpaired) electrons. The average molecular weight is 213 g/mol. The number of hydrogen-bond donors (Lipinski definition) is 1. The van der Waals surface area contributed by atoms with Gasteiger partial charge in [0.2, 0.25) is 0 Å². The molecule has 1 aromatic rings. The van der Waals surface area contributed by atoms with Crippen LogP contribution in [0.25, 0.3) is 0 Å². The fraction of sp³-hybridized carbons (Fsp3) is 0. The third-order valence-electron chi connectivity index (χ3n) is 0.756. The largest absolute Gasteiger partial charge is 0.508 e. The third kappa shape index (κ3) is 6.25. The van der Waals surface area contributed by atoms with E-state index in [9.17, 15) is 0 Å². The van der Waals surface area contributed by atoms with Crippen molar-refractivity contribution in [2.75, 3.05) is 0 Å². The van der Waals surface area contributed by atoms with Crippen molar-refractivity contribution in [2.24, 2.45) is 0 Å². The summed E-state index contributed by atoms with van der Waals surface area (Å²) in [6.45, 7) is 0. The summed E-state index contributed by atoms with van der Waals surface area (Å²) in [6.07, 6.45) is 0. The minimum atomic E-state index is 0. The van der Waals surface area contributed by atoms with E-state index in [1.54, 1.807) is 24.3 Å². The Bertz CT molecular complexity index is 139. The van der Waals surface area contributed by atoms with Crippen molar-refractivity contribution in [3.8, 4) is 5.75 Å². The quantitative estimate of drug-likeness (QED) is 0.655. The zero-order chi connectivity index (χ0) is 5.11. The van der Waals surface area contributed by atoms with Crippen molar-refractivity contribution < 1.29 is 37.8 Å². The fourth-order valence-electron chi connectivity index (χ4n) is 0.428. The van der Waals surface area contributed by atoms with E-state index < -0.39 is 0 Å². The van der Waals surface area contributed by atoms with Crippen LogP contribution in [0.2, 0.25) is 0 Å². The van der Waals surface area contributed by atoms with Crippen LogP contribution in [-0.2, 0) is 32.7 Å². The smallest absolute Gasteiger partial charge is 0.115 e. The van der Waals surface area contributed by atoms with Gasteiger partial charge in [-0.1, -0.05) is 18.2 Å². The minimum Gasteiger partial charge on any atom is -0.508 e. The van der Waals surface area contributed by atoms with Gasteiger partial charge in [-0.15, -0.1) is 0 Å². The van der Waals surface area contributed by atoms with E-state index in [0.29, 0.717) is 5.75 Å². The summed E-state index contributed by atoms with van der Waals surface area (Å²) in [6, 6.07) is 8.71. The Balaban J connectivity index is -0.000000163. The average Bonchev–Trinajstić information content (AvgIpc) is 1.69. The zero-order valence-corrected chi connectivity index (χ0v) is 9.25. The first-order valence-corrected chi connectivity index (χ1v) is 2.13. The van der Waals surface area contributed by atoms with Gasteiger partial charge in [-0.3, -0.25) is 0 Å². The molecule has 0 fully saturated rings. The van der Waals surface area contributed by atoms with Crippen molar-refractivity contribution in [1.82, 2.24) is 0 Å². The first-order chi connectivity index (χ1) is 3.39. The number of rotatable bonds is 0. The molecule has 10 heavy (non-hydrogen) atoms. The summed E-state index contributed by atoms with van der Waals surface area (Å²) >= 11 is 0. The van der Waals surface area contributed by atoms with Gasteiger partial charge in [-0.2, -0.15) is 0 Å². The maximum absolute atomic E-state index is 8.63. The van der Waals surface area contributed by atoms with E-state index in [0.717, 1.165) is 0 Å². The summed E-state index contributed by atoms with van der Waals surface area (Å²) in [5.41, 5.74) is 0. The van der Waals surface area contributed by atoms with E-state index in [-0.39, 0.29) is 47.6 Å². The summed E-state index contributed by atoms with van der Waals surface area (Å²) in [5.74, 6) is 0.322. The predicted octanol–water partition coefficient (Wildman–Crippen LogP) is 2.29. The Morgan fingerprint density at radius 2 is 1.30 bits per heavy atom. The van der Waals surface area contributed by atoms with Gasteiger partial charge in [0.25, 0.3) is 0 Å². The minimum absolute atomic E-state index is 0. The molecule has 0 amide bonds. The molecule has 0 aromatic heterocycles. The second-order valence-corrected chi connectivity index (χ2v) is 1.34. The predicted molar refractivity (Wildman–Crippen MR) is 40.9 cm³/mol. The van der Waals surface area contributed by atoms with Gasteiger partial charge in [0.1, 0.15) is 5.75 Å². The molecule has 0 aliphatic heterocycles. The van der Waals surface area contributed by atoms with Crippen LogP contribution in [0.15, 0.2) is 30.3 Å². The molecular formula is C8H12OY-2. The van der Waals surface area contributed by atoms with Crippen LogP contribution in [0, 0.1) is 14.9 Å². The number of phenolic OH excluding ortho intramolecular Hbond substituents is 1. The van der Waals surface area contributed by atoms with Gasteiger partial charge in [-0.05, 0) is 12.1 Å². The van der Waals surface area contributed by atoms with Gasteiger partial charge in [0.15, 0.2) is 0 Å². The van der Waals surface area contributed by atoms with Crippen LogP contribution in [-0.4, -0.2) is 5.11 Å². The summed E-state index contributed by atoms with van der Waals surface area (Å²) in [5, 5.41) is 8.63. The van der Waals surface area contributed by atoms with Crippen molar-refractivity contribution in [2.45, 2.75) is 0 Å². The second-order valence-electron chi connectivity index (χ2n) is 1.34. The van der Waals surface area contributed by atoms with E-state index in [1.165, 1.54) is 0 Å². The molecule has 0 heterocycles. The fourth-order valence-corrected chi connectivity index (χ4v) is 0.428. The molecule has 0 aliphatic carbocycles. The molecule has 1 nitrogen and oxygen atoms in total. The molecule has 0 bridgehead atoms. The molecule has 1 N–H and O–H groups in total. The van der Waals surface area contributed by atoms with Gasteiger partial charge in [0.05, 0.1) is 0 Å². The molecule has 0 unspecified atom stereocenters. The van der Waals surface area contributed by atoms with Crippen LogP contribution >= 0.6 is 0 Å². The monoisotopic (exact) mass is 213 g/mol. The van der Waals surface area contributed by atoms with Crippen molar-refractivity contribution in [3.05, 3.63) is 45.2 Å². The Morgan fingerprint density at radius 1 is 0.900 bits per heavy atom. The van der Waals surface area contributed by atoms with E-state index >= 15 is 0 Å². The van der Waals surface area contributed by atoms with Gasteiger partial charge < -0.3 is 20.0 Å². The van der Waals surface area contributed by atoms with Gasteiger partial charge >= 0.3 is 0 Å². The topological polar surface area (TPSA) is 20.2 Å². The van der Waals surface area contributed by atoms with Crippen LogP contribution in [0.1, 0.15) is 0 Å².